The second-order valence-electron chi connectivity index (χ2n) is 9.68. The minimum atomic E-state index is -1.09. The number of amides is 2. The Morgan fingerprint density at radius 2 is 1.59 bits per heavy atom. The number of rotatable bonds is 5. The van der Waals surface area contributed by atoms with Gasteiger partial charge in [-0.3, -0.25) is 4.90 Å². The summed E-state index contributed by atoms with van der Waals surface area (Å²) >= 11 is 0. The fourth-order valence-corrected chi connectivity index (χ4v) is 4.79. The lowest BCUT2D eigenvalue weighted by molar-refractivity contribution is -0.142. The predicted molar refractivity (Wildman–Crippen MR) is 126 cm³/mol. The van der Waals surface area contributed by atoms with Gasteiger partial charge in [0.15, 0.2) is 0 Å². The van der Waals surface area contributed by atoms with Gasteiger partial charge >= 0.3 is 18.2 Å². The molecule has 8 nitrogen and oxygen atoms in total. The molecule has 0 bridgehead atoms. The molecule has 1 fully saturated rings. The zero-order valence-electron chi connectivity index (χ0n) is 19.6. The van der Waals surface area contributed by atoms with Gasteiger partial charge in [-0.05, 0) is 55.9 Å². The maximum atomic E-state index is 13.1. The molecule has 1 saturated heterocycles. The lowest BCUT2D eigenvalue weighted by Crippen LogP contribution is -2.49. The van der Waals surface area contributed by atoms with E-state index in [9.17, 15) is 19.5 Å². The second-order valence-corrected chi connectivity index (χ2v) is 9.68. The lowest BCUT2D eigenvalue weighted by Gasteiger charge is -2.29. The Morgan fingerprint density at radius 1 is 1.00 bits per heavy atom. The second kappa shape index (κ2) is 9.37. The highest BCUT2D eigenvalue weighted by Crippen LogP contribution is 2.44. The van der Waals surface area contributed by atoms with Crippen molar-refractivity contribution >= 4 is 18.2 Å². The highest BCUT2D eigenvalue weighted by Gasteiger charge is 2.42. The molecular weight excluding hydrogens is 436 g/mol. The molecule has 4 rings (SSSR count). The third-order valence-electron chi connectivity index (χ3n) is 6.22. The average molecular weight is 467 g/mol. The molecule has 8 heteroatoms. The highest BCUT2D eigenvalue weighted by atomic mass is 16.6. The molecular formula is C26H30N2O6. The van der Waals surface area contributed by atoms with Gasteiger partial charge in [-0.2, -0.15) is 0 Å². The van der Waals surface area contributed by atoms with Crippen molar-refractivity contribution < 1.29 is 29.0 Å². The van der Waals surface area contributed by atoms with Crippen LogP contribution in [0.3, 0.4) is 0 Å². The lowest BCUT2D eigenvalue weighted by atomic mass is 9.98. The molecule has 2 aromatic carbocycles. The third kappa shape index (κ3) is 4.85. The SMILES string of the molecule is CC(C)(C)OC(=O)NCC1CCC(C(=O)O)N1C(=O)OCC1c2ccccc2-c2ccccc21. The number of carbonyl (C=O) groups excluding carboxylic acids is 2. The maximum Gasteiger partial charge on any atom is 0.410 e. The number of alkyl carbamates (subject to hydrolysis) is 1. The van der Waals surface area contributed by atoms with Crippen LogP contribution < -0.4 is 5.32 Å². The van der Waals surface area contributed by atoms with E-state index in [1.54, 1.807) is 20.8 Å². The van der Waals surface area contributed by atoms with Gasteiger partial charge in [-0.15, -0.1) is 0 Å². The van der Waals surface area contributed by atoms with E-state index in [2.05, 4.69) is 17.4 Å². The number of aliphatic carboxylic acids is 1. The molecule has 0 radical (unpaired) electrons. The van der Waals surface area contributed by atoms with Gasteiger partial charge in [-0.25, -0.2) is 14.4 Å². The molecule has 2 aromatic rings. The summed E-state index contributed by atoms with van der Waals surface area (Å²) in [7, 11) is 0. The van der Waals surface area contributed by atoms with E-state index in [4.69, 9.17) is 9.47 Å². The van der Waals surface area contributed by atoms with Crippen molar-refractivity contribution in [1.29, 1.82) is 0 Å². The minimum absolute atomic E-state index is 0.0862. The van der Waals surface area contributed by atoms with E-state index in [1.807, 2.05) is 36.4 Å². The van der Waals surface area contributed by atoms with Crippen LogP contribution in [0.4, 0.5) is 9.59 Å². The van der Waals surface area contributed by atoms with Gasteiger partial charge in [0.25, 0.3) is 0 Å². The third-order valence-corrected chi connectivity index (χ3v) is 6.22. The summed E-state index contributed by atoms with van der Waals surface area (Å²) < 4.78 is 10.9. The van der Waals surface area contributed by atoms with E-state index in [1.165, 1.54) is 4.90 Å². The fraction of sp³-hybridized carbons (Fsp3) is 0.423. The van der Waals surface area contributed by atoms with Crippen molar-refractivity contribution in [1.82, 2.24) is 10.2 Å². The van der Waals surface area contributed by atoms with Crippen LogP contribution >= 0.6 is 0 Å². The van der Waals surface area contributed by atoms with Crippen molar-refractivity contribution in [2.24, 2.45) is 0 Å². The van der Waals surface area contributed by atoms with Gasteiger partial charge in [0.05, 0.1) is 6.04 Å². The van der Waals surface area contributed by atoms with Crippen LogP contribution in [0.1, 0.15) is 50.7 Å². The molecule has 0 aromatic heterocycles. The summed E-state index contributed by atoms with van der Waals surface area (Å²) in [6.07, 6.45) is -0.571. The molecule has 2 unspecified atom stereocenters. The number of benzene rings is 2. The minimum Gasteiger partial charge on any atom is -0.480 e. The first kappa shape index (κ1) is 23.6. The Labute approximate surface area is 198 Å². The average Bonchev–Trinajstić information content (AvgIpc) is 3.35. The summed E-state index contributed by atoms with van der Waals surface area (Å²) in [5.74, 6) is -1.21. The van der Waals surface area contributed by atoms with Crippen molar-refractivity contribution in [3.63, 3.8) is 0 Å². The topological polar surface area (TPSA) is 105 Å². The van der Waals surface area contributed by atoms with Crippen molar-refractivity contribution in [3.8, 4) is 11.1 Å². The first-order chi connectivity index (χ1) is 16.2. The summed E-state index contributed by atoms with van der Waals surface area (Å²) in [4.78, 5) is 38.2. The van der Waals surface area contributed by atoms with Crippen LogP contribution in [0, 0.1) is 0 Å². The number of hydrogen-bond acceptors (Lipinski definition) is 5. The van der Waals surface area contributed by atoms with Crippen LogP contribution in [0.5, 0.6) is 0 Å². The Morgan fingerprint density at radius 3 is 2.15 bits per heavy atom. The van der Waals surface area contributed by atoms with Gasteiger partial charge in [-0.1, -0.05) is 48.5 Å². The number of ether oxygens (including phenoxy) is 2. The molecule has 1 heterocycles. The Bertz CT molecular complexity index is 1050. The molecule has 0 spiro atoms. The maximum absolute atomic E-state index is 13.1. The Kier molecular flexibility index (Phi) is 6.50. The number of hydrogen-bond donors (Lipinski definition) is 2. The van der Waals surface area contributed by atoms with E-state index >= 15 is 0 Å². The zero-order chi connectivity index (χ0) is 24.5. The number of nitrogens with zero attached hydrogens (tertiary/aromatic N) is 1. The van der Waals surface area contributed by atoms with Gasteiger partial charge in [0, 0.05) is 12.5 Å². The van der Waals surface area contributed by atoms with Crippen LogP contribution in [0.15, 0.2) is 48.5 Å². The first-order valence-electron chi connectivity index (χ1n) is 11.5. The normalized spacial score (nSPS) is 19.3. The van der Waals surface area contributed by atoms with Crippen LogP contribution in [-0.2, 0) is 14.3 Å². The first-order valence-corrected chi connectivity index (χ1v) is 11.5. The molecule has 34 heavy (non-hydrogen) atoms. The van der Waals surface area contributed by atoms with Gasteiger partial charge < -0.3 is 19.9 Å². The summed E-state index contributed by atoms with van der Waals surface area (Å²) in [5.41, 5.74) is 3.73. The fourth-order valence-electron chi connectivity index (χ4n) is 4.79. The quantitative estimate of drug-likeness (QED) is 0.678. The molecule has 1 aliphatic heterocycles. The van der Waals surface area contributed by atoms with Gasteiger partial charge in [0.1, 0.15) is 18.2 Å². The largest absolute Gasteiger partial charge is 0.480 e. The zero-order valence-corrected chi connectivity index (χ0v) is 19.6. The smallest absolute Gasteiger partial charge is 0.410 e. The van der Waals surface area contributed by atoms with E-state index in [0.29, 0.717) is 12.8 Å². The summed E-state index contributed by atoms with van der Waals surface area (Å²) in [6, 6.07) is 14.5. The van der Waals surface area contributed by atoms with Crippen LogP contribution in [-0.4, -0.2) is 59.0 Å². The number of nitrogens with one attached hydrogen (secondary N) is 1. The molecule has 2 atom stereocenters. The molecule has 180 valence electrons. The molecule has 2 N–H and O–H groups in total. The monoisotopic (exact) mass is 466 g/mol. The van der Waals surface area contributed by atoms with E-state index in [-0.39, 0.29) is 19.1 Å². The Balaban J connectivity index is 1.46. The molecule has 1 aliphatic carbocycles. The van der Waals surface area contributed by atoms with Crippen LogP contribution in [0.2, 0.25) is 0 Å². The van der Waals surface area contributed by atoms with Crippen molar-refractivity contribution in [2.75, 3.05) is 13.2 Å². The number of fused-ring (bicyclic) bond motifs is 3. The van der Waals surface area contributed by atoms with E-state index in [0.717, 1.165) is 22.3 Å². The number of carbonyl (C=O) groups is 3. The Hall–Kier alpha value is -3.55. The number of carboxylic acids is 1. The number of carboxylic acid groups (broad SMARTS) is 1. The highest BCUT2D eigenvalue weighted by molar-refractivity contribution is 5.82. The molecule has 2 aliphatic rings. The van der Waals surface area contributed by atoms with E-state index < -0.39 is 35.8 Å². The summed E-state index contributed by atoms with van der Waals surface area (Å²) in [5, 5.41) is 12.3. The predicted octanol–water partition coefficient (Wildman–Crippen LogP) is 4.38. The van der Waals surface area contributed by atoms with Crippen molar-refractivity contribution in [2.45, 2.75) is 57.2 Å². The molecule has 2 amide bonds. The van der Waals surface area contributed by atoms with Crippen molar-refractivity contribution in [3.05, 3.63) is 59.7 Å². The summed E-state index contributed by atoms with van der Waals surface area (Å²) in [6.45, 7) is 5.45. The standard InChI is InChI=1S/C26H30N2O6/c1-26(2,3)34-24(31)27-14-16-12-13-22(23(29)30)28(16)25(32)33-15-21-19-10-6-4-8-17(19)18-9-5-7-11-20(18)21/h4-11,16,21-22H,12-15H2,1-3H3,(H,27,31)(H,29,30). The van der Waals surface area contributed by atoms with Crippen LogP contribution in [0.25, 0.3) is 11.1 Å². The van der Waals surface area contributed by atoms with Gasteiger partial charge in [0.2, 0.25) is 0 Å². The number of likely N-dealkylation sites (tertiary alicyclic amines) is 1. The molecule has 0 saturated carbocycles.